The Morgan fingerprint density at radius 3 is 2.68 bits per heavy atom. The fraction of sp³-hybridized carbons (Fsp3) is 0.368. The maximum atomic E-state index is 9.55. The molecule has 0 unspecified atom stereocenters. The second-order valence-electron chi connectivity index (χ2n) is 6.22. The maximum Gasteiger partial charge on any atom is 0.230 e. The lowest BCUT2D eigenvalue weighted by Crippen LogP contribution is -2.23. The van der Waals surface area contributed by atoms with E-state index in [-0.39, 0.29) is 0 Å². The van der Waals surface area contributed by atoms with Crippen LogP contribution in [0.5, 0.6) is 11.6 Å². The Bertz CT molecular complexity index is 713. The Morgan fingerprint density at radius 2 is 1.96 bits per heavy atom. The SMILES string of the molecule is ONC(=NCC1CCCCC1)c1cccnc1Oc1ccc(Cl)cc1. The molecule has 1 aromatic heterocycles. The van der Waals surface area contributed by atoms with Crippen LogP contribution in [0, 0.1) is 5.92 Å². The van der Waals surface area contributed by atoms with E-state index in [1.165, 1.54) is 32.1 Å². The first-order chi connectivity index (χ1) is 12.3. The van der Waals surface area contributed by atoms with E-state index in [9.17, 15) is 5.21 Å². The number of hydrogen-bond donors (Lipinski definition) is 2. The predicted octanol–water partition coefficient (Wildman–Crippen LogP) is 4.83. The normalized spacial score (nSPS) is 15.8. The number of rotatable bonds is 5. The summed E-state index contributed by atoms with van der Waals surface area (Å²) in [5, 5.41) is 10.2. The zero-order valence-corrected chi connectivity index (χ0v) is 14.7. The number of ether oxygens (including phenoxy) is 1. The van der Waals surface area contributed by atoms with Gasteiger partial charge in [0.25, 0.3) is 0 Å². The van der Waals surface area contributed by atoms with Gasteiger partial charge in [0.05, 0.1) is 5.56 Å². The molecule has 0 saturated heterocycles. The van der Waals surface area contributed by atoms with Crippen molar-refractivity contribution in [2.45, 2.75) is 32.1 Å². The molecule has 1 aromatic carbocycles. The lowest BCUT2D eigenvalue weighted by molar-refractivity contribution is 0.233. The van der Waals surface area contributed by atoms with Gasteiger partial charge in [-0.25, -0.2) is 4.98 Å². The van der Waals surface area contributed by atoms with Crippen molar-refractivity contribution in [1.29, 1.82) is 0 Å². The van der Waals surface area contributed by atoms with Crippen LogP contribution in [0.1, 0.15) is 37.7 Å². The summed E-state index contributed by atoms with van der Waals surface area (Å²) in [5.74, 6) is 1.96. The first-order valence-electron chi connectivity index (χ1n) is 8.59. The fourth-order valence-corrected chi connectivity index (χ4v) is 3.16. The van der Waals surface area contributed by atoms with Gasteiger partial charge in [0, 0.05) is 17.8 Å². The predicted molar refractivity (Wildman–Crippen MR) is 98.7 cm³/mol. The van der Waals surface area contributed by atoms with Crippen LogP contribution >= 0.6 is 11.6 Å². The molecule has 5 nitrogen and oxygen atoms in total. The lowest BCUT2D eigenvalue weighted by Gasteiger charge is -2.20. The number of amidine groups is 1. The van der Waals surface area contributed by atoms with Crippen LogP contribution in [0.25, 0.3) is 0 Å². The lowest BCUT2D eigenvalue weighted by atomic mass is 9.89. The van der Waals surface area contributed by atoms with Gasteiger partial charge in [-0.1, -0.05) is 30.9 Å². The van der Waals surface area contributed by atoms with Crippen LogP contribution in [0.15, 0.2) is 47.6 Å². The van der Waals surface area contributed by atoms with Crippen molar-refractivity contribution in [3.63, 3.8) is 0 Å². The van der Waals surface area contributed by atoms with Crippen LogP contribution in [-0.2, 0) is 0 Å². The van der Waals surface area contributed by atoms with E-state index in [1.807, 2.05) is 6.07 Å². The average Bonchev–Trinajstić information content (AvgIpc) is 2.66. The minimum atomic E-state index is 0.377. The van der Waals surface area contributed by atoms with E-state index in [1.54, 1.807) is 36.5 Å². The van der Waals surface area contributed by atoms with Crippen LogP contribution in [0.3, 0.4) is 0 Å². The molecule has 0 aliphatic heterocycles. The minimum absolute atomic E-state index is 0.377. The maximum absolute atomic E-state index is 9.55. The summed E-state index contributed by atoms with van der Waals surface area (Å²) in [6, 6.07) is 10.7. The molecule has 1 fully saturated rings. The summed E-state index contributed by atoms with van der Waals surface area (Å²) in [4.78, 5) is 8.84. The number of aromatic nitrogens is 1. The number of pyridine rings is 1. The van der Waals surface area contributed by atoms with Crippen molar-refractivity contribution >= 4 is 17.4 Å². The Balaban J connectivity index is 1.78. The third-order valence-corrected chi connectivity index (χ3v) is 4.64. The Kier molecular flexibility index (Phi) is 6.25. The van der Waals surface area contributed by atoms with Crippen LogP contribution in [-0.4, -0.2) is 22.6 Å². The number of benzene rings is 1. The van der Waals surface area contributed by atoms with Crippen LogP contribution in [0.2, 0.25) is 5.02 Å². The molecule has 0 atom stereocenters. The molecule has 2 N–H and O–H groups in total. The third-order valence-electron chi connectivity index (χ3n) is 4.39. The van der Waals surface area contributed by atoms with Crippen LogP contribution < -0.4 is 10.2 Å². The van der Waals surface area contributed by atoms with Gasteiger partial charge in [-0.2, -0.15) is 0 Å². The van der Waals surface area contributed by atoms with Crippen molar-refractivity contribution in [3.8, 4) is 11.6 Å². The van der Waals surface area contributed by atoms with Crippen molar-refractivity contribution < 1.29 is 9.94 Å². The van der Waals surface area contributed by atoms with Gasteiger partial charge >= 0.3 is 0 Å². The van der Waals surface area contributed by atoms with E-state index in [4.69, 9.17) is 16.3 Å². The van der Waals surface area contributed by atoms with E-state index in [2.05, 4.69) is 15.5 Å². The first-order valence-corrected chi connectivity index (χ1v) is 8.97. The van der Waals surface area contributed by atoms with Crippen molar-refractivity contribution in [3.05, 3.63) is 53.2 Å². The van der Waals surface area contributed by atoms with Gasteiger partial charge in [-0.3, -0.25) is 15.7 Å². The molecular weight excluding hydrogens is 338 g/mol. The zero-order chi connectivity index (χ0) is 17.5. The monoisotopic (exact) mass is 359 g/mol. The molecule has 1 saturated carbocycles. The molecule has 132 valence electrons. The minimum Gasteiger partial charge on any atom is -0.438 e. The number of nitrogens with zero attached hydrogens (tertiary/aromatic N) is 2. The number of halogens is 1. The molecular formula is C19H22ClN3O2. The fourth-order valence-electron chi connectivity index (χ4n) is 3.04. The second-order valence-corrected chi connectivity index (χ2v) is 6.65. The molecule has 3 rings (SSSR count). The highest BCUT2D eigenvalue weighted by Gasteiger charge is 2.16. The molecule has 2 aromatic rings. The van der Waals surface area contributed by atoms with E-state index in [0.717, 1.165) is 0 Å². The summed E-state index contributed by atoms with van der Waals surface area (Å²) in [7, 11) is 0. The molecule has 1 aliphatic rings. The second kappa shape index (κ2) is 8.83. The van der Waals surface area contributed by atoms with Crippen LogP contribution in [0.4, 0.5) is 0 Å². The van der Waals surface area contributed by atoms with E-state index >= 15 is 0 Å². The Hall–Kier alpha value is -2.11. The van der Waals surface area contributed by atoms with Gasteiger partial charge in [0.2, 0.25) is 5.88 Å². The quantitative estimate of drug-likeness (QED) is 0.455. The Labute approximate surface area is 152 Å². The molecule has 0 amide bonds. The summed E-state index contributed by atoms with van der Waals surface area (Å²) in [6.45, 7) is 0.693. The van der Waals surface area contributed by atoms with E-state index in [0.29, 0.717) is 40.5 Å². The molecule has 1 aliphatic carbocycles. The Morgan fingerprint density at radius 1 is 1.20 bits per heavy atom. The largest absolute Gasteiger partial charge is 0.438 e. The summed E-state index contributed by atoms with van der Waals surface area (Å²) in [5.41, 5.74) is 2.82. The molecule has 0 radical (unpaired) electrons. The molecule has 6 heteroatoms. The van der Waals surface area contributed by atoms with Gasteiger partial charge in [0.15, 0.2) is 5.84 Å². The smallest absolute Gasteiger partial charge is 0.230 e. The van der Waals surface area contributed by atoms with Gasteiger partial charge in [-0.15, -0.1) is 0 Å². The average molecular weight is 360 g/mol. The number of aliphatic imine (C=N–C) groups is 1. The van der Waals surface area contributed by atoms with Crippen molar-refractivity contribution in [1.82, 2.24) is 10.5 Å². The highest BCUT2D eigenvalue weighted by Crippen LogP contribution is 2.26. The molecule has 0 spiro atoms. The van der Waals surface area contributed by atoms with Crippen molar-refractivity contribution in [2.24, 2.45) is 10.9 Å². The number of hydrogen-bond acceptors (Lipinski definition) is 4. The zero-order valence-electron chi connectivity index (χ0n) is 14.0. The summed E-state index contributed by atoms with van der Waals surface area (Å²) in [6.07, 6.45) is 7.88. The number of hydroxylamine groups is 1. The highest BCUT2D eigenvalue weighted by molar-refractivity contribution is 6.30. The van der Waals surface area contributed by atoms with Crippen molar-refractivity contribution in [2.75, 3.05) is 6.54 Å². The topological polar surface area (TPSA) is 66.7 Å². The third kappa shape index (κ3) is 4.94. The summed E-state index contributed by atoms with van der Waals surface area (Å²) >= 11 is 5.90. The molecule has 25 heavy (non-hydrogen) atoms. The van der Waals surface area contributed by atoms with Gasteiger partial charge in [-0.05, 0) is 55.2 Å². The highest BCUT2D eigenvalue weighted by atomic mass is 35.5. The van der Waals surface area contributed by atoms with E-state index < -0.39 is 0 Å². The molecule has 0 bridgehead atoms. The first kappa shape index (κ1) is 17.7. The van der Waals surface area contributed by atoms with Gasteiger partial charge < -0.3 is 4.74 Å². The standard InChI is InChI=1S/C19H22ClN3O2/c20-15-8-10-16(11-9-15)25-19-17(7-4-12-21-19)18(23-24)22-13-14-5-2-1-3-6-14/h4,7-12,14,24H,1-3,5-6,13H2,(H,22,23). The number of nitrogens with one attached hydrogen (secondary N) is 1. The summed E-state index contributed by atoms with van der Waals surface area (Å²) < 4.78 is 5.84. The molecule has 1 heterocycles. The van der Waals surface area contributed by atoms with Gasteiger partial charge in [0.1, 0.15) is 5.75 Å².